The molecule has 0 bridgehead atoms. The Hall–Kier alpha value is -2.67. The summed E-state index contributed by atoms with van der Waals surface area (Å²) in [6.07, 6.45) is 4.00. The number of hydrogen-bond acceptors (Lipinski definition) is 7. The zero-order valence-electron chi connectivity index (χ0n) is 16.1. The van der Waals surface area contributed by atoms with Crippen molar-refractivity contribution in [1.82, 2.24) is 9.97 Å². The topological polar surface area (TPSA) is 97.4 Å². The Kier molecular flexibility index (Phi) is 5.91. The molecule has 0 aliphatic carbocycles. The highest BCUT2D eigenvalue weighted by atomic mass is 16.5. The molecule has 2 heterocycles. The highest BCUT2D eigenvalue weighted by Crippen LogP contribution is 2.25. The Morgan fingerprint density at radius 3 is 2.78 bits per heavy atom. The van der Waals surface area contributed by atoms with Crippen LogP contribution >= 0.6 is 0 Å². The van der Waals surface area contributed by atoms with E-state index in [9.17, 15) is 0 Å². The van der Waals surface area contributed by atoms with Crippen LogP contribution in [0.5, 0.6) is 5.75 Å². The average Bonchev–Trinajstić information content (AvgIpc) is 2.63. The molecule has 1 saturated heterocycles. The molecular weight excluding hydrogens is 342 g/mol. The number of aromatic nitrogens is 2. The number of benzene rings is 1. The summed E-state index contributed by atoms with van der Waals surface area (Å²) in [6.45, 7) is 8.16. The Labute approximate surface area is 160 Å². The lowest BCUT2D eigenvalue weighted by Gasteiger charge is -2.36. The Morgan fingerprint density at radius 2 is 2.07 bits per heavy atom. The quantitative estimate of drug-likeness (QED) is 0.600. The molecule has 0 amide bonds. The van der Waals surface area contributed by atoms with E-state index in [0.29, 0.717) is 35.7 Å². The number of hydrogen-bond donors (Lipinski definition) is 2. The zero-order valence-corrected chi connectivity index (χ0v) is 16.1. The number of nitrogens with zero attached hydrogens (tertiary/aromatic N) is 3. The fourth-order valence-electron chi connectivity index (χ4n) is 3.45. The molecule has 0 spiro atoms. The zero-order chi connectivity index (χ0) is 19.4. The predicted molar refractivity (Wildman–Crippen MR) is 107 cm³/mol. The lowest BCUT2D eigenvalue weighted by atomic mass is 10.0. The van der Waals surface area contributed by atoms with Crippen molar-refractivity contribution in [3.05, 3.63) is 41.9 Å². The van der Waals surface area contributed by atoms with Crippen LogP contribution in [0.15, 0.2) is 30.7 Å². The van der Waals surface area contributed by atoms with Gasteiger partial charge in [-0.2, -0.15) is 0 Å². The number of morpholine rings is 1. The summed E-state index contributed by atoms with van der Waals surface area (Å²) in [5.41, 5.74) is 8.67. The van der Waals surface area contributed by atoms with E-state index in [-0.39, 0.29) is 12.2 Å². The lowest BCUT2D eigenvalue weighted by molar-refractivity contribution is -0.00550. The third-order valence-corrected chi connectivity index (χ3v) is 4.51. The van der Waals surface area contributed by atoms with Gasteiger partial charge >= 0.3 is 0 Å². The molecule has 144 valence electrons. The molecule has 0 saturated carbocycles. The number of rotatable bonds is 6. The molecule has 1 aromatic heterocycles. The first-order valence-corrected chi connectivity index (χ1v) is 9.27. The van der Waals surface area contributed by atoms with Crippen LogP contribution in [0.1, 0.15) is 31.9 Å². The Balaban J connectivity index is 1.84. The molecule has 1 aliphatic rings. The average molecular weight is 369 g/mol. The summed E-state index contributed by atoms with van der Waals surface area (Å²) in [4.78, 5) is 10.9. The van der Waals surface area contributed by atoms with Gasteiger partial charge in [-0.05, 0) is 39.0 Å². The Bertz CT molecular complexity index is 801. The predicted octanol–water partition coefficient (Wildman–Crippen LogP) is 2.68. The van der Waals surface area contributed by atoms with Crippen LogP contribution in [0.4, 0.5) is 11.5 Å². The van der Waals surface area contributed by atoms with Crippen molar-refractivity contribution in [3.8, 4) is 5.75 Å². The van der Waals surface area contributed by atoms with Gasteiger partial charge in [-0.25, -0.2) is 9.97 Å². The minimum absolute atomic E-state index is 0.134. The highest BCUT2D eigenvalue weighted by Gasteiger charge is 2.25. The Morgan fingerprint density at radius 1 is 1.33 bits per heavy atom. The smallest absolute Gasteiger partial charge is 0.135 e. The second-order valence-electron chi connectivity index (χ2n) is 6.87. The molecule has 7 nitrogen and oxygen atoms in total. The number of nitrogens with two attached hydrogens (primary N) is 1. The van der Waals surface area contributed by atoms with Gasteiger partial charge in [-0.15, -0.1) is 0 Å². The molecule has 2 atom stereocenters. The molecule has 27 heavy (non-hydrogen) atoms. The first-order valence-electron chi connectivity index (χ1n) is 9.27. The van der Waals surface area contributed by atoms with Crippen molar-refractivity contribution >= 4 is 17.2 Å². The highest BCUT2D eigenvalue weighted by molar-refractivity contribution is 6.04. The summed E-state index contributed by atoms with van der Waals surface area (Å²) in [7, 11) is 0. The van der Waals surface area contributed by atoms with Crippen molar-refractivity contribution in [2.45, 2.75) is 39.4 Å². The standard InChI is InChI=1S/C20H27N5O2/c1-4-26-16-5-6-18(21)17(8-16)19(22)7-15-9-23-12-24-20(15)25-10-13(2)27-14(3)11-25/h5-6,8-9,12-14,22H,4,7,10-11,21H2,1-3H3/t13-,14+. The minimum atomic E-state index is 0.134. The largest absolute Gasteiger partial charge is 0.494 e. The van der Waals surface area contributed by atoms with Gasteiger partial charge in [0.2, 0.25) is 0 Å². The van der Waals surface area contributed by atoms with E-state index in [1.54, 1.807) is 18.6 Å². The maximum absolute atomic E-state index is 8.59. The maximum atomic E-state index is 8.59. The summed E-state index contributed by atoms with van der Waals surface area (Å²) >= 11 is 0. The van der Waals surface area contributed by atoms with Crippen molar-refractivity contribution in [3.63, 3.8) is 0 Å². The van der Waals surface area contributed by atoms with Crippen LogP contribution < -0.4 is 15.4 Å². The van der Waals surface area contributed by atoms with Crippen LogP contribution in [0.2, 0.25) is 0 Å². The van der Waals surface area contributed by atoms with E-state index in [1.165, 1.54) is 0 Å². The number of nitrogen functional groups attached to an aromatic ring is 1. The molecule has 1 aromatic carbocycles. The van der Waals surface area contributed by atoms with E-state index in [0.717, 1.165) is 24.5 Å². The van der Waals surface area contributed by atoms with Gasteiger partial charge in [-0.1, -0.05) is 0 Å². The van der Waals surface area contributed by atoms with Crippen LogP contribution in [0, 0.1) is 5.41 Å². The molecule has 7 heteroatoms. The first kappa shape index (κ1) is 19.1. The van der Waals surface area contributed by atoms with Gasteiger partial charge in [0, 0.05) is 48.2 Å². The van der Waals surface area contributed by atoms with Crippen molar-refractivity contribution in [2.24, 2.45) is 0 Å². The van der Waals surface area contributed by atoms with E-state index >= 15 is 0 Å². The first-order chi connectivity index (χ1) is 13.0. The summed E-state index contributed by atoms with van der Waals surface area (Å²) in [5, 5.41) is 8.59. The summed E-state index contributed by atoms with van der Waals surface area (Å²) < 4.78 is 11.4. The van der Waals surface area contributed by atoms with E-state index in [2.05, 4.69) is 28.7 Å². The molecule has 0 unspecified atom stereocenters. The SMILES string of the molecule is CCOc1ccc(N)c(C(=N)Cc2cncnc2N2C[C@@H](C)O[C@@H](C)C2)c1. The van der Waals surface area contributed by atoms with E-state index in [1.807, 2.05) is 19.1 Å². The van der Waals surface area contributed by atoms with Gasteiger partial charge < -0.3 is 25.5 Å². The van der Waals surface area contributed by atoms with E-state index in [4.69, 9.17) is 20.6 Å². The third kappa shape index (κ3) is 4.54. The molecular formula is C20H27N5O2. The van der Waals surface area contributed by atoms with Crippen LogP contribution in [0.25, 0.3) is 0 Å². The van der Waals surface area contributed by atoms with Crippen molar-refractivity contribution in [1.29, 1.82) is 5.41 Å². The van der Waals surface area contributed by atoms with Crippen LogP contribution in [-0.4, -0.2) is 47.6 Å². The second-order valence-corrected chi connectivity index (χ2v) is 6.87. The van der Waals surface area contributed by atoms with Crippen molar-refractivity contribution in [2.75, 3.05) is 30.3 Å². The maximum Gasteiger partial charge on any atom is 0.135 e. The number of anilines is 2. The summed E-state index contributed by atoms with van der Waals surface area (Å²) in [5.74, 6) is 1.57. The molecule has 3 rings (SSSR count). The van der Waals surface area contributed by atoms with Gasteiger partial charge in [0.25, 0.3) is 0 Å². The third-order valence-electron chi connectivity index (χ3n) is 4.51. The molecule has 0 radical (unpaired) electrons. The molecule has 3 N–H and O–H groups in total. The molecule has 1 fully saturated rings. The second kappa shape index (κ2) is 8.35. The minimum Gasteiger partial charge on any atom is -0.494 e. The van der Waals surface area contributed by atoms with Crippen molar-refractivity contribution < 1.29 is 9.47 Å². The lowest BCUT2D eigenvalue weighted by Crippen LogP contribution is -2.46. The van der Waals surface area contributed by atoms with Gasteiger partial charge in [0.15, 0.2) is 0 Å². The summed E-state index contributed by atoms with van der Waals surface area (Å²) in [6, 6.07) is 5.43. The molecule has 1 aliphatic heterocycles. The fourth-order valence-corrected chi connectivity index (χ4v) is 3.45. The normalized spacial score (nSPS) is 19.7. The van der Waals surface area contributed by atoms with Crippen LogP contribution in [0.3, 0.4) is 0 Å². The number of nitrogens with one attached hydrogen (secondary N) is 1. The van der Waals surface area contributed by atoms with Gasteiger partial charge in [0.05, 0.1) is 18.8 Å². The molecule has 2 aromatic rings. The van der Waals surface area contributed by atoms with Gasteiger partial charge in [-0.3, -0.25) is 0 Å². The number of ether oxygens (including phenoxy) is 2. The fraction of sp³-hybridized carbons (Fsp3) is 0.450. The van der Waals surface area contributed by atoms with Gasteiger partial charge in [0.1, 0.15) is 17.9 Å². The van der Waals surface area contributed by atoms with Crippen LogP contribution in [-0.2, 0) is 11.2 Å². The monoisotopic (exact) mass is 369 g/mol. The van der Waals surface area contributed by atoms with E-state index < -0.39 is 0 Å².